The van der Waals surface area contributed by atoms with E-state index in [1.807, 2.05) is 37.2 Å². The van der Waals surface area contributed by atoms with Gasteiger partial charge in [-0.3, -0.25) is 9.59 Å². The summed E-state index contributed by atoms with van der Waals surface area (Å²) in [6.45, 7) is 2.97. The van der Waals surface area contributed by atoms with E-state index < -0.39 is 12.1 Å². The Morgan fingerprint density at radius 1 is 0.939 bits per heavy atom. The van der Waals surface area contributed by atoms with Gasteiger partial charge in [0.15, 0.2) is 0 Å². The molecule has 0 bridgehead atoms. The third kappa shape index (κ3) is 10.5. The maximum absolute atomic E-state index is 12.2. The number of likely N-dealkylation sites (N-methyl/N-ethyl adjacent to an activating group) is 1. The van der Waals surface area contributed by atoms with E-state index in [9.17, 15) is 9.59 Å². The summed E-state index contributed by atoms with van der Waals surface area (Å²) in [7, 11) is 3.84. The monoisotopic (exact) mass is 455 g/mol. The number of esters is 1. The van der Waals surface area contributed by atoms with Crippen molar-refractivity contribution in [3.63, 3.8) is 0 Å². The van der Waals surface area contributed by atoms with Crippen LogP contribution in [0.3, 0.4) is 0 Å². The Kier molecular flexibility index (Phi) is 11.5. The average Bonchev–Trinajstić information content (AvgIpc) is 2.79. The molecule has 0 saturated carbocycles. The largest absolute Gasteiger partial charge is 0.489 e. The molecule has 2 aromatic rings. The molecular weight excluding hydrogens is 418 g/mol. The lowest BCUT2D eigenvalue weighted by Crippen LogP contribution is -2.35. The molecule has 0 saturated heterocycles. The molecule has 1 N–H and O–H groups in total. The molecule has 0 aliphatic carbocycles. The van der Waals surface area contributed by atoms with Crippen molar-refractivity contribution in [1.29, 1.82) is 0 Å². The number of hydrogen-bond donors (Lipinski definition) is 1. The first-order valence-corrected chi connectivity index (χ1v) is 11.7. The number of nitrogens with zero attached hydrogens (tertiary/aromatic N) is 1. The number of hydrogen-bond acceptors (Lipinski definition) is 5. The molecule has 0 heterocycles. The van der Waals surface area contributed by atoms with E-state index in [2.05, 4.69) is 37.3 Å². The Morgan fingerprint density at radius 3 is 2.27 bits per heavy atom. The lowest BCUT2D eigenvalue weighted by molar-refractivity contribution is -0.151. The second-order valence-electron chi connectivity index (χ2n) is 8.56. The molecule has 6 heteroatoms. The molecule has 2 aromatic carbocycles. The summed E-state index contributed by atoms with van der Waals surface area (Å²) in [5.41, 5.74) is 3.76. The molecule has 180 valence electrons. The predicted molar refractivity (Wildman–Crippen MR) is 130 cm³/mol. The number of rotatable bonds is 15. The van der Waals surface area contributed by atoms with Crippen molar-refractivity contribution in [1.82, 2.24) is 4.90 Å². The lowest BCUT2D eigenvalue weighted by Gasteiger charge is -2.22. The van der Waals surface area contributed by atoms with Gasteiger partial charge in [-0.2, -0.15) is 0 Å². The Hall–Kier alpha value is -2.86. The van der Waals surface area contributed by atoms with E-state index >= 15 is 0 Å². The predicted octanol–water partition coefficient (Wildman–Crippen LogP) is 4.53. The molecule has 2 rings (SSSR count). The van der Waals surface area contributed by atoms with Crippen molar-refractivity contribution >= 4 is 11.9 Å². The molecule has 1 atom stereocenters. The first-order valence-electron chi connectivity index (χ1n) is 11.7. The molecule has 0 aliphatic rings. The quantitative estimate of drug-likeness (QED) is 0.314. The van der Waals surface area contributed by atoms with Gasteiger partial charge in [0.25, 0.3) is 0 Å². The van der Waals surface area contributed by atoms with Crippen LogP contribution in [0.2, 0.25) is 0 Å². The van der Waals surface area contributed by atoms with Crippen molar-refractivity contribution in [2.45, 2.75) is 58.0 Å². The highest BCUT2D eigenvalue weighted by Crippen LogP contribution is 2.21. The summed E-state index contributed by atoms with van der Waals surface area (Å²) >= 11 is 0. The maximum atomic E-state index is 12.2. The lowest BCUT2D eigenvalue weighted by atomic mass is 10.0. The number of carbonyl (C=O) groups is 2. The van der Waals surface area contributed by atoms with Crippen LogP contribution in [-0.2, 0) is 33.6 Å². The van der Waals surface area contributed by atoms with Crippen molar-refractivity contribution in [3.05, 3.63) is 65.2 Å². The van der Waals surface area contributed by atoms with Crippen LogP contribution in [0.1, 0.15) is 49.3 Å². The van der Waals surface area contributed by atoms with Crippen LogP contribution in [0.4, 0.5) is 0 Å². The molecule has 0 amide bonds. The minimum Gasteiger partial charge on any atom is -0.489 e. The van der Waals surface area contributed by atoms with Gasteiger partial charge in [0.2, 0.25) is 0 Å². The van der Waals surface area contributed by atoms with Gasteiger partial charge < -0.3 is 19.5 Å². The number of aryl methyl sites for hydroxylation is 3. The highest BCUT2D eigenvalue weighted by Gasteiger charge is 2.17. The third-order valence-corrected chi connectivity index (χ3v) is 5.40. The van der Waals surface area contributed by atoms with Gasteiger partial charge in [-0.15, -0.1) is 0 Å². The zero-order valence-electron chi connectivity index (χ0n) is 20.1. The number of aliphatic carboxylic acids is 1. The number of carboxylic acid groups (broad SMARTS) is 1. The minimum atomic E-state index is -0.848. The molecule has 33 heavy (non-hydrogen) atoms. The van der Waals surface area contributed by atoms with Crippen molar-refractivity contribution in [2.24, 2.45) is 0 Å². The number of carboxylic acids is 1. The number of carbonyl (C=O) groups excluding carboxylic acids is 1. The Morgan fingerprint density at radius 2 is 1.61 bits per heavy atom. The van der Waals surface area contributed by atoms with Crippen LogP contribution in [0.25, 0.3) is 0 Å². The maximum Gasteiger partial charge on any atom is 0.306 e. The highest BCUT2D eigenvalue weighted by atomic mass is 16.6. The number of ether oxygens (including phenoxy) is 2. The van der Waals surface area contributed by atoms with Gasteiger partial charge in [0.1, 0.15) is 18.5 Å². The van der Waals surface area contributed by atoms with Gasteiger partial charge in [0.05, 0.1) is 0 Å². The van der Waals surface area contributed by atoms with Crippen LogP contribution in [0, 0.1) is 0 Å². The fourth-order valence-electron chi connectivity index (χ4n) is 3.58. The summed E-state index contributed by atoms with van der Waals surface area (Å²) in [4.78, 5) is 24.8. The van der Waals surface area contributed by atoms with Crippen LogP contribution in [0.15, 0.2) is 48.5 Å². The van der Waals surface area contributed by atoms with E-state index in [0.29, 0.717) is 19.4 Å². The second kappa shape index (κ2) is 14.3. The van der Waals surface area contributed by atoms with E-state index in [4.69, 9.17) is 14.6 Å². The molecule has 6 nitrogen and oxygen atoms in total. The smallest absolute Gasteiger partial charge is 0.306 e. The molecule has 0 spiro atoms. The Labute approximate surface area is 197 Å². The van der Waals surface area contributed by atoms with Gasteiger partial charge >= 0.3 is 11.9 Å². The van der Waals surface area contributed by atoms with Crippen molar-refractivity contribution in [3.8, 4) is 5.75 Å². The van der Waals surface area contributed by atoms with Gasteiger partial charge in [-0.05, 0) is 69.0 Å². The standard InChI is InChI=1S/C27H37NO5/c1-4-21-13-15-22(16-14-21)17-18-23-9-5-6-10-25(23)32-20-24(19-28(2)3)33-27(31)12-8-7-11-26(29)30/h5-6,9-10,13-16,24H,4,7-8,11-12,17-20H2,1-3H3,(H,29,30)/t24-/m1/s1. The first-order chi connectivity index (χ1) is 15.9. The number of unbranched alkanes of at least 4 members (excludes halogenated alkanes) is 1. The number of para-hydroxylation sites is 1. The third-order valence-electron chi connectivity index (χ3n) is 5.40. The average molecular weight is 456 g/mol. The fourth-order valence-corrected chi connectivity index (χ4v) is 3.58. The van der Waals surface area contributed by atoms with Crippen LogP contribution < -0.4 is 4.74 Å². The van der Waals surface area contributed by atoms with Gasteiger partial charge in [0, 0.05) is 19.4 Å². The molecule has 0 aliphatic heterocycles. The Balaban J connectivity index is 1.90. The normalized spacial score (nSPS) is 11.9. The molecule has 0 unspecified atom stereocenters. The topological polar surface area (TPSA) is 76.1 Å². The number of benzene rings is 2. The second-order valence-corrected chi connectivity index (χ2v) is 8.56. The van der Waals surface area contributed by atoms with E-state index in [0.717, 1.165) is 30.6 Å². The zero-order valence-corrected chi connectivity index (χ0v) is 20.1. The van der Waals surface area contributed by atoms with Gasteiger partial charge in [-0.1, -0.05) is 49.4 Å². The van der Waals surface area contributed by atoms with Crippen molar-refractivity contribution < 1.29 is 24.2 Å². The highest BCUT2D eigenvalue weighted by molar-refractivity contribution is 5.70. The van der Waals surface area contributed by atoms with Crippen molar-refractivity contribution in [2.75, 3.05) is 27.2 Å². The molecule has 0 aromatic heterocycles. The molecular formula is C27H37NO5. The van der Waals surface area contributed by atoms with Crippen LogP contribution >= 0.6 is 0 Å². The molecule has 0 radical (unpaired) electrons. The van der Waals surface area contributed by atoms with E-state index in [-0.39, 0.29) is 25.4 Å². The van der Waals surface area contributed by atoms with E-state index in [1.54, 1.807) is 0 Å². The van der Waals surface area contributed by atoms with E-state index in [1.165, 1.54) is 11.1 Å². The summed E-state index contributed by atoms with van der Waals surface area (Å²) < 4.78 is 11.7. The summed E-state index contributed by atoms with van der Waals surface area (Å²) in [5.74, 6) is -0.359. The van der Waals surface area contributed by atoms with Gasteiger partial charge in [-0.25, -0.2) is 0 Å². The first kappa shape index (κ1) is 26.4. The fraction of sp³-hybridized carbons (Fsp3) is 0.481. The minimum absolute atomic E-state index is 0.0665. The summed E-state index contributed by atoms with van der Waals surface area (Å²) in [5, 5.41) is 8.71. The zero-order chi connectivity index (χ0) is 24.1. The Bertz CT molecular complexity index is 863. The summed E-state index contributed by atoms with van der Waals surface area (Å²) in [6.07, 6.45) is 3.68. The summed E-state index contributed by atoms with van der Waals surface area (Å²) in [6, 6.07) is 16.7. The SMILES string of the molecule is CCc1ccc(CCc2ccccc2OC[C@@H](CN(C)C)OC(=O)CCCCC(=O)O)cc1. The van der Waals surface area contributed by atoms with Crippen LogP contribution in [0.5, 0.6) is 5.75 Å². The van der Waals surface area contributed by atoms with Crippen LogP contribution in [-0.4, -0.2) is 55.3 Å². The molecule has 0 fully saturated rings.